The number of ether oxygens (including phenoxy) is 1. The summed E-state index contributed by atoms with van der Waals surface area (Å²) in [4.78, 5) is 41.9. The van der Waals surface area contributed by atoms with Crippen molar-refractivity contribution in [2.24, 2.45) is 12.5 Å². The van der Waals surface area contributed by atoms with E-state index < -0.39 is 11.2 Å². The molecule has 0 atom stereocenters. The van der Waals surface area contributed by atoms with Gasteiger partial charge >= 0.3 is 0 Å². The molecule has 222 valence electrons. The van der Waals surface area contributed by atoms with Gasteiger partial charge in [-0.15, -0.1) is 0 Å². The van der Waals surface area contributed by atoms with Gasteiger partial charge in [-0.3, -0.25) is 19.1 Å². The van der Waals surface area contributed by atoms with Gasteiger partial charge in [0.05, 0.1) is 28.6 Å². The van der Waals surface area contributed by atoms with Crippen LogP contribution in [0.4, 0.5) is 10.1 Å². The third kappa shape index (κ3) is 8.30. The van der Waals surface area contributed by atoms with Crippen molar-refractivity contribution in [1.82, 2.24) is 14.3 Å². The Kier molecular flexibility index (Phi) is 10.9. The van der Waals surface area contributed by atoms with Crippen molar-refractivity contribution in [3.05, 3.63) is 74.9 Å². The lowest BCUT2D eigenvalue weighted by Crippen LogP contribution is -2.26. The molecule has 0 bridgehead atoms. The number of para-hydroxylation sites is 1. The molecule has 8 nitrogen and oxygen atoms in total. The molecular formula is C31H40ClFN4O4. The summed E-state index contributed by atoms with van der Waals surface area (Å²) in [5.41, 5.74) is 1.09. The third-order valence-corrected chi connectivity index (χ3v) is 7.25. The number of ketones is 1. The molecule has 1 aromatic heterocycles. The van der Waals surface area contributed by atoms with Crippen LogP contribution in [-0.2, 0) is 18.3 Å². The first kappa shape index (κ1) is 32.1. The molecule has 1 N–H and O–H groups in total. The van der Waals surface area contributed by atoms with Gasteiger partial charge in [-0.05, 0) is 70.4 Å². The number of rotatable bonds is 14. The molecule has 1 heterocycles. The summed E-state index contributed by atoms with van der Waals surface area (Å²) < 4.78 is 22.7. The van der Waals surface area contributed by atoms with Gasteiger partial charge in [0.1, 0.15) is 17.3 Å². The number of nitrogens with one attached hydrogen (secondary N) is 1. The maximum absolute atomic E-state index is 13.9. The molecule has 0 spiro atoms. The van der Waals surface area contributed by atoms with Crippen molar-refractivity contribution >= 4 is 29.0 Å². The van der Waals surface area contributed by atoms with Crippen LogP contribution in [-0.4, -0.2) is 53.2 Å². The Morgan fingerprint density at radius 1 is 1.15 bits per heavy atom. The zero-order chi connectivity index (χ0) is 30.3. The third-order valence-electron chi connectivity index (χ3n) is 6.96. The molecule has 0 saturated heterocycles. The van der Waals surface area contributed by atoms with Gasteiger partial charge in [0.2, 0.25) is 5.91 Å². The number of hydrogen-bond donors (Lipinski definition) is 1. The van der Waals surface area contributed by atoms with Crippen LogP contribution in [0.15, 0.2) is 47.3 Å². The number of nitrogens with zero attached hydrogens (tertiary/aromatic N) is 3. The maximum Gasteiger partial charge on any atom is 0.295 e. The standard InChI is InChI=1S/C31H40ClFN4O4/c1-7-41-27-19-24(33)23(32)18-22(27)26(38)15-16-31(2,3)20-28(39)34-29-25(14-11-17-35(4)5)36(6)37(30(29)40)21-12-9-8-10-13-21/h8-10,12-13,18-19H,7,11,14-17,20H2,1-6H3,(H,34,39). The largest absolute Gasteiger partial charge is 0.493 e. The quantitative estimate of drug-likeness (QED) is 0.238. The van der Waals surface area contributed by atoms with Gasteiger partial charge in [0, 0.05) is 26.0 Å². The number of anilines is 1. The summed E-state index contributed by atoms with van der Waals surface area (Å²) in [5, 5.41) is 2.74. The molecule has 3 rings (SSSR count). The minimum atomic E-state index is -0.656. The summed E-state index contributed by atoms with van der Waals surface area (Å²) in [6, 6.07) is 11.7. The predicted molar refractivity (Wildman–Crippen MR) is 161 cm³/mol. The molecule has 3 aromatic rings. The monoisotopic (exact) mass is 586 g/mol. The van der Waals surface area contributed by atoms with E-state index in [4.69, 9.17) is 16.3 Å². The molecule has 0 radical (unpaired) electrons. The SMILES string of the molecule is CCOc1cc(F)c(Cl)cc1C(=O)CCC(C)(C)CC(=O)Nc1c(CCCN(C)C)n(C)n(-c2ccccc2)c1=O. The predicted octanol–water partition coefficient (Wildman–Crippen LogP) is 5.88. The number of halogens is 2. The topological polar surface area (TPSA) is 85.6 Å². The van der Waals surface area contributed by atoms with E-state index in [2.05, 4.69) is 10.2 Å². The molecule has 0 aliphatic rings. The van der Waals surface area contributed by atoms with E-state index in [-0.39, 0.29) is 58.7 Å². The minimum absolute atomic E-state index is 0.0968. The average molecular weight is 587 g/mol. The average Bonchev–Trinajstić information content (AvgIpc) is 3.13. The second-order valence-electron chi connectivity index (χ2n) is 11.2. The molecule has 1 amide bonds. The first-order chi connectivity index (χ1) is 19.3. The molecule has 0 unspecified atom stereocenters. The Balaban J connectivity index is 1.77. The van der Waals surface area contributed by atoms with E-state index in [0.717, 1.165) is 24.7 Å². The number of amides is 1. The van der Waals surface area contributed by atoms with Crippen LogP contribution in [0.1, 0.15) is 62.5 Å². The second-order valence-corrected chi connectivity index (χ2v) is 11.6. The fourth-order valence-electron chi connectivity index (χ4n) is 4.80. The lowest BCUT2D eigenvalue weighted by atomic mass is 9.82. The fourth-order valence-corrected chi connectivity index (χ4v) is 4.96. The van der Waals surface area contributed by atoms with Crippen molar-refractivity contribution < 1.29 is 18.7 Å². The molecule has 0 saturated carbocycles. The molecule has 41 heavy (non-hydrogen) atoms. The number of aromatic nitrogens is 2. The lowest BCUT2D eigenvalue weighted by Gasteiger charge is -2.24. The zero-order valence-electron chi connectivity index (χ0n) is 24.7. The Hall–Kier alpha value is -3.43. The molecule has 0 aliphatic carbocycles. The van der Waals surface area contributed by atoms with Gasteiger partial charge < -0.3 is 15.0 Å². The summed E-state index contributed by atoms with van der Waals surface area (Å²) >= 11 is 5.92. The van der Waals surface area contributed by atoms with Crippen LogP contribution in [0.2, 0.25) is 5.02 Å². The normalized spacial score (nSPS) is 11.6. The van der Waals surface area contributed by atoms with Crippen molar-refractivity contribution in [3.63, 3.8) is 0 Å². The lowest BCUT2D eigenvalue weighted by molar-refractivity contribution is -0.118. The van der Waals surface area contributed by atoms with Crippen LogP contribution in [0.5, 0.6) is 5.75 Å². The number of hydrogen-bond acceptors (Lipinski definition) is 5. The Morgan fingerprint density at radius 2 is 1.83 bits per heavy atom. The summed E-state index contributed by atoms with van der Waals surface area (Å²) in [5.74, 6) is -1.06. The van der Waals surface area contributed by atoms with Crippen LogP contribution < -0.4 is 15.6 Å². The van der Waals surface area contributed by atoms with Gasteiger partial charge in [-0.2, -0.15) is 0 Å². The van der Waals surface area contributed by atoms with Gasteiger partial charge in [-0.1, -0.05) is 43.6 Å². The van der Waals surface area contributed by atoms with E-state index in [0.29, 0.717) is 18.5 Å². The summed E-state index contributed by atoms with van der Waals surface area (Å²) in [6.45, 7) is 6.65. The van der Waals surface area contributed by atoms with Crippen molar-refractivity contribution in [3.8, 4) is 11.4 Å². The number of Topliss-reactive ketones (excluding diaryl/α,β-unsaturated/α-hetero) is 1. The highest BCUT2D eigenvalue weighted by Gasteiger charge is 2.27. The molecule has 0 fully saturated rings. The zero-order valence-corrected chi connectivity index (χ0v) is 25.5. The summed E-state index contributed by atoms with van der Waals surface area (Å²) in [7, 11) is 5.81. The molecule has 0 aliphatic heterocycles. The van der Waals surface area contributed by atoms with E-state index >= 15 is 0 Å². The Morgan fingerprint density at radius 3 is 2.46 bits per heavy atom. The second kappa shape index (κ2) is 14.0. The Labute approximate surface area is 246 Å². The highest BCUT2D eigenvalue weighted by molar-refractivity contribution is 6.31. The van der Waals surface area contributed by atoms with E-state index in [9.17, 15) is 18.8 Å². The summed E-state index contributed by atoms with van der Waals surface area (Å²) in [6.07, 6.45) is 2.02. The van der Waals surface area contributed by atoms with Crippen molar-refractivity contribution in [2.45, 2.75) is 52.9 Å². The molecule has 2 aromatic carbocycles. The van der Waals surface area contributed by atoms with Crippen LogP contribution in [0.25, 0.3) is 5.69 Å². The maximum atomic E-state index is 13.9. The highest BCUT2D eigenvalue weighted by atomic mass is 35.5. The fraction of sp³-hybridized carbons (Fsp3) is 0.452. The number of carbonyl (C=O) groups is 2. The number of carbonyl (C=O) groups excluding carboxylic acids is 2. The molecular weight excluding hydrogens is 547 g/mol. The van der Waals surface area contributed by atoms with Gasteiger partial charge in [0.15, 0.2) is 5.78 Å². The van der Waals surface area contributed by atoms with E-state index in [1.807, 2.05) is 65.3 Å². The number of benzene rings is 2. The van der Waals surface area contributed by atoms with E-state index in [1.165, 1.54) is 6.07 Å². The van der Waals surface area contributed by atoms with Gasteiger partial charge in [-0.25, -0.2) is 9.07 Å². The highest BCUT2D eigenvalue weighted by Crippen LogP contribution is 2.32. The van der Waals surface area contributed by atoms with Crippen LogP contribution >= 0.6 is 11.6 Å². The van der Waals surface area contributed by atoms with E-state index in [1.54, 1.807) is 16.3 Å². The molecule has 10 heteroatoms. The smallest absolute Gasteiger partial charge is 0.295 e. The van der Waals surface area contributed by atoms with Crippen LogP contribution in [0.3, 0.4) is 0 Å². The van der Waals surface area contributed by atoms with Crippen LogP contribution in [0, 0.1) is 11.2 Å². The first-order valence-electron chi connectivity index (χ1n) is 13.8. The van der Waals surface area contributed by atoms with Crippen molar-refractivity contribution in [2.75, 3.05) is 32.6 Å². The minimum Gasteiger partial charge on any atom is -0.493 e. The van der Waals surface area contributed by atoms with Crippen molar-refractivity contribution in [1.29, 1.82) is 0 Å². The Bertz CT molecular complexity index is 1430. The van der Waals surface area contributed by atoms with Gasteiger partial charge in [0.25, 0.3) is 5.56 Å². The first-order valence-corrected chi connectivity index (χ1v) is 14.2.